The van der Waals surface area contributed by atoms with Gasteiger partial charge in [0, 0.05) is 17.5 Å². The van der Waals surface area contributed by atoms with Gasteiger partial charge in [-0.3, -0.25) is 0 Å². The molecule has 1 aliphatic rings. The number of nitrogens with zero attached hydrogens (tertiary/aromatic N) is 1. The standard InChI is InChI=1S/C13H16NO/c1-13(2,3)11-8-9-14(15)12-7-5-4-6-10(11)12/h4-9,11H,1-3H3. The number of rotatable bonds is 0. The molecular weight excluding hydrogens is 186 g/mol. The molecule has 0 N–H and O–H groups in total. The van der Waals surface area contributed by atoms with Crippen LogP contribution in [0.15, 0.2) is 36.5 Å². The van der Waals surface area contributed by atoms with Gasteiger partial charge in [-0.1, -0.05) is 39.0 Å². The van der Waals surface area contributed by atoms with Crippen molar-refractivity contribution < 1.29 is 0 Å². The molecule has 2 rings (SSSR count). The summed E-state index contributed by atoms with van der Waals surface area (Å²) in [5.74, 6) is 0.318. The topological polar surface area (TPSA) is 29.0 Å². The fraction of sp³-hybridized carbons (Fsp3) is 0.385. The summed E-state index contributed by atoms with van der Waals surface area (Å²) in [4.78, 5) is 0. The van der Waals surface area contributed by atoms with Crippen molar-refractivity contribution in [2.24, 2.45) is 5.41 Å². The molecule has 1 atom stereocenters. The maximum atomic E-state index is 11.6. The molecule has 0 amide bonds. The molecule has 2 nitrogen and oxygen atoms in total. The molecule has 0 saturated heterocycles. The number of anilines is 1. The van der Waals surface area contributed by atoms with E-state index in [1.807, 2.05) is 30.3 Å². The average Bonchev–Trinajstić information content (AvgIpc) is 2.17. The van der Waals surface area contributed by atoms with Crippen LogP contribution in [0.1, 0.15) is 32.3 Å². The van der Waals surface area contributed by atoms with Gasteiger partial charge >= 0.3 is 0 Å². The highest BCUT2D eigenvalue weighted by atomic mass is 16.5. The summed E-state index contributed by atoms with van der Waals surface area (Å²) < 4.78 is 0. The quantitative estimate of drug-likeness (QED) is 0.466. The minimum atomic E-state index is 0.147. The van der Waals surface area contributed by atoms with Crippen molar-refractivity contribution in [3.8, 4) is 0 Å². The zero-order valence-corrected chi connectivity index (χ0v) is 9.40. The van der Waals surface area contributed by atoms with Gasteiger partial charge in [0.1, 0.15) is 6.20 Å². The molecule has 1 unspecified atom stereocenters. The second-order valence-electron chi connectivity index (χ2n) is 5.07. The van der Waals surface area contributed by atoms with Gasteiger partial charge < -0.3 is 5.21 Å². The van der Waals surface area contributed by atoms with E-state index in [0.29, 0.717) is 5.92 Å². The van der Waals surface area contributed by atoms with E-state index < -0.39 is 0 Å². The van der Waals surface area contributed by atoms with Gasteiger partial charge in [0.15, 0.2) is 5.69 Å². The molecule has 1 aromatic carbocycles. The monoisotopic (exact) mass is 202 g/mol. The number of hydroxylamine groups is 1. The van der Waals surface area contributed by atoms with Crippen molar-refractivity contribution in [3.05, 3.63) is 47.3 Å². The van der Waals surface area contributed by atoms with Crippen LogP contribution in [0.5, 0.6) is 0 Å². The molecule has 1 radical (unpaired) electrons. The normalized spacial score (nSPS) is 21.5. The van der Waals surface area contributed by atoms with E-state index >= 15 is 0 Å². The lowest BCUT2D eigenvalue weighted by atomic mass is 9.75. The Morgan fingerprint density at radius 3 is 2.53 bits per heavy atom. The highest BCUT2D eigenvalue weighted by Crippen LogP contribution is 2.42. The summed E-state index contributed by atoms with van der Waals surface area (Å²) in [6, 6.07) is 7.82. The number of hydrogen-bond acceptors (Lipinski definition) is 2. The summed E-state index contributed by atoms with van der Waals surface area (Å²) >= 11 is 0. The van der Waals surface area contributed by atoms with Gasteiger partial charge in [-0.05, 0) is 11.5 Å². The van der Waals surface area contributed by atoms with E-state index in [1.165, 1.54) is 0 Å². The predicted octanol–water partition coefficient (Wildman–Crippen LogP) is 3.61. The number of para-hydroxylation sites is 1. The van der Waals surface area contributed by atoms with Gasteiger partial charge in [-0.15, -0.1) is 5.06 Å². The Bertz CT molecular complexity index is 390. The summed E-state index contributed by atoms with van der Waals surface area (Å²) in [7, 11) is 0. The predicted molar refractivity (Wildman–Crippen MR) is 62.9 cm³/mol. The van der Waals surface area contributed by atoms with Crippen molar-refractivity contribution in [2.45, 2.75) is 26.7 Å². The summed E-state index contributed by atoms with van der Waals surface area (Å²) in [5, 5.41) is 12.5. The molecule has 1 aromatic rings. The first-order chi connectivity index (χ1) is 7.00. The Balaban J connectivity index is 2.51. The number of fused-ring (bicyclic) bond motifs is 1. The molecule has 1 heterocycles. The van der Waals surface area contributed by atoms with Crippen molar-refractivity contribution in [2.75, 3.05) is 0 Å². The van der Waals surface area contributed by atoms with Crippen molar-refractivity contribution in [3.63, 3.8) is 0 Å². The van der Waals surface area contributed by atoms with Crippen LogP contribution >= 0.6 is 0 Å². The molecule has 79 valence electrons. The van der Waals surface area contributed by atoms with Gasteiger partial charge in [0.2, 0.25) is 0 Å². The molecular formula is C13H16NO. The van der Waals surface area contributed by atoms with E-state index in [4.69, 9.17) is 0 Å². The van der Waals surface area contributed by atoms with Crippen LogP contribution in [-0.4, -0.2) is 0 Å². The Hall–Kier alpha value is -1.12. The van der Waals surface area contributed by atoms with E-state index in [2.05, 4.69) is 20.8 Å². The highest BCUT2D eigenvalue weighted by molar-refractivity contribution is 5.55. The second-order valence-corrected chi connectivity index (χ2v) is 5.07. The Morgan fingerprint density at radius 1 is 1.20 bits per heavy atom. The summed E-state index contributed by atoms with van der Waals surface area (Å²) in [6.07, 6.45) is 3.62. The third-order valence-corrected chi connectivity index (χ3v) is 2.86. The van der Waals surface area contributed by atoms with Crippen LogP contribution in [0.25, 0.3) is 0 Å². The van der Waals surface area contributed by atoms with Gasteiger partial charge in [-0.2, -0.15) is 0 Å². The average molecular weight is 202 g/mol. The van der Waals surface area contributed by atoms with Crippen LogP contribution in [0.3, 0.4) is 0 Å². The molecule has 0 aliphatic carbocycles. The third kappa shape index (κ3) is 1.83. The molecule has 0 fully saturated rings. The summed E-state index contributed by atoms with van der Waals surface area (Å²) in [5.41, 5.74) is 2.05. The number of hydrogen-bond donors (Lipinski definition) is 0. The van der Waals surface area contributed by atoms with E-state index in [-0.39, 0.29) is 5.41 Å². The highest BCUT2D eigenvalue weighted by Gasteiger charge is 2.32. The van der Waals surface area contributed by atoms with Crippen LogP contribution in [0.2, 0.25) is 0 Å². The maximum Gasteiger partial charge on any atom is 0.190 e. The van der Waals surface area contributed by atoms with Crippen LogP contribution in [0.4, 0.5) is 5.69 Å². The Kier molecular flexibility index (Phi) is 2.41. The molecule has 0 spiro atoms. The van der Waals surface area contributed by atoms with Gasteiger partial charge in [0.25, 0.3) is 0 Å². The Morgan fingerprint density at radius 2 is 1.87 bits per heavy atom. The largest absolute Gasteiger partial charge is 0.571 e. The van der Waals surface area contributed by atoms with Crippen LogP contribution in [-0.2, 0) is 0 Å². The zero-order chi connectivity index (χ0) is 11.1. The van der Waals surface area contributed by atoms with Gasteiger partial charge in [-0.25, -0.2) is 0 Å². The molecule has 2 heteroatoms. The van der Waals surface area contributed by atoms with E-state index in [1.54, 1.807) is 6.20 Å². The second kappa shape index (κ2) is 3.47. The van der Waals surface area contributed by atoms with Crippen molar-refractivity contribution in [1.82, 2.24) is 5.06 Å². The molecule has 1 aliphatic heterocycles. The lowest BCUT2D eigenvalue weighted by Gasteiger charge is -2.32. The third-order valence-electron chi connectivity index (χ3n) is 2.86. The van der Waals surface area contributed by atoms with E-state index in [0.717, 1.165) is 16.3 Å². The van der Waals surface area contributed by atoms with Crippen LogP contribution < -0.4 is 5.06 Å². The molecule has 0 bridgehead atoms. The van der Waals surface area contributed by atoms with Gasteiger partial charge in [0.05, 0.1) is 0 Å². The fourth-order valence-electron chi connectivity index (χ4n) is 2.05. The summed E-state index contributed by atoms with van der Waals surface area (Å²) in [6.45, 7) is 6.58. The van der Waals surface area contributed by atoms with Crippen molar-refractivity contribution >= 4 is 5.69 Å². The first-order valence-corrected chi connectivity index (χ1v) is 5.24. The smallest absolute Gasteiger partial charge is 0.190 e. The maximum absolute atomic E-state index is 11.6. The zero-order valence-electron chi connectivity index (χ0n) is 9.40. The minimum Gasteiger partial charge on any atom is -0.571 e. The first-order valence-electron chi connectivity index (χ1n) is 5.24. The number of allylic oxidation sites excluding steroid dienone is 1. The lowest BCUT2D eigenvalue weighted by Crippen LogP contribution is -2.24. The SMILES string of the molecule is CC(C)(C)C1C=C[N+]([O-])c2ccccc21. The fourth-order valence-corrected chi connectivity index (χ4v) is 2.05. The molecule has 0 aromatic heterocycles. The van der Waals surface area contributed by atoms with Crippen LogP contribution in [0, 0.1) is 10.6 Å². The molecule has 15 heavy (non-hydrogen) atoms. The lowest BCUT2D eigenvalue weighted by molar-refractivity contribution is 0.362. The Labute approximate surface area is 90.8 Å². The van der Waals surface area contributed by atoms with Crippen molar-refractivity contribution in [1.29, 1.82) is 0 Å². The first kappa shape index (κ1) is 10.4. The van der Waals surface area contributed by atoms with E-state index in [9.17, 15) is 5.21 Å². The molecule has 0 saturated carbocycles. The minimum absolute atomic E-state index is 0.147. The number of benzene rings is 1.